The van der Waals surface area contributed by atoms with Gasteiger partial charge in [-0.3, -0.25) is 14.8 Å². The molecule has 1 aliphatic heterocycles. The molecule has 0 unspecified atom stereocenters. The Morgan fingerprint density at radius 2 is 1.82 bits per heavy atom. The highest BCUT2D eigenvalue weighted by Gasteiger charge is 2.26. The van der Waals surface area contributed by atoms with E-state index in [1.54, 1.807) is 18.3 Å². The lowest BCUT2D eigenvalue weighted by Crippen LogP contribution is -2.53. The van der Waals surface area contributed by atoms with Crippen LogP contribution in [0.4, 0.5) is 5.82 Å². The first-order valence-electron chi connectivity index (χ1n) is 13.6. The lowest BCUT2D eigenvalue weighted by Gasteiger charge is -2.42. The zero-order valence-corrected chi connectivity index (χ0v) is 24.7. The number of anilines is 1. The van der Waals surface area contributed by atoms with Crippen LogP contribution in [0.15, 0.2) is 48.8 Å². The van der Waals surface area contributed by atoms with Crippen LogP contribution in [0.5, 0.6) is 0 Å². The molecule has 0 amide bonds. The zero-order chi connectivity index (χ0) is 28.3. The summed E-state index contributed by atoms with van der Waals surface area (Å²) in [4.78, 5) is 14.3. The number of fused-ring (bicyclic) bond motifs is 1. The first kappa shape index (κ1) is 28.3. The van der Waals surface area contributed by atoms with Crippen molar-refractivity contribution in [3.8, 4) is 17.3 Å². The number of rotatable bonds is 8. The monoisotopic (exact) mass is 576 g/mol. The second-order valence-electron chi connectivity index (χ2n) is 11.2. The number of nitrogens with one attached hydrogen (secondary N) is 1. The Morgan fingerprint density at radius 3 is 2.50 bits per heavy atom. The summed E-state index contributed by atoms with van der Waals surface area (Å²) in [5.74, 6) is 0.757. The second-order valence-corrected chi connectivity index (χ2v) is 12.0. The summed E-state index contributed by atoms with van der Waals surface area (Å²) in [6, 6.07) is 13.4. The molecule has 0 spiro atoms. The summed E-state index contributed by atoms with van der Waals surface area (Å²) < 4.78 is 1.90. The minimum Gasteiger partial charge on any atom is -0.368 e. The summed E-state index contributed by atoms with van der Waals surface area (Å²) in [6.45, 7) is 12.5. The van der Waals surface area contributed by atoms with Gasteiger partial charge in [-0.2, -0.15) is 10.4 Å². The summed E-state index contributed by atoms with van der Waals surface area (Å²) >= 11 is 12.7. The Morgan fingerprint density at radius 1 is 1.02 bits per heavy atom. The molecule has 208 valence electrons. The van der Waals surface area contributed by atoms with Crippen LogP contribution in [-0.2, 0) is 13.0 Å². The van der Waals surface area contributed by atoms with Gasteiger partial charge >= 0.3 is 0 Å². The molecule has 1 fully saturated rings. The third-order valence-corrected chi connectivity index (χ3v) is 7.82. The van der Waals surface area contributed by atoms with E-state index in [0.29, 0.717) is 22.2 Å². The highest BCUT2D eigenvalue weighted by atomic mass is 35.5. The number of nitriles is 1. The molecule has 0 atom stereocenters. The number of benzene rings is 1. The predicted molar refractivity (Wildman–Crippen MR) is 161 cm³/mol. The van der Waals surface area contributed by atoms with E-state index in [9.17, 15) is 0 Å². The fraction of sp³-hybridized carbons (Fsp3) is 0.400. The van der Waals surface area contributed by atoms with Crippen molar-refractivity contribution in [2.75, 3.05) is 38.0 Å². The molecular formula is C30H34Cl2N8. The van der Waals surface area contributed by atoms with Gasteiger partial charge in [0.15, 0.2) is 5.82 Å². The lowest BCUT2D eigenvalue weighted by atomic mass is 10.0. The van der Waals surface area contributed by atoms with E-state index in [1.807, 2.05) is 28.9 Å². The molecule has 1 aliphatic rings. The van der Waals surface area contributed by atoms with Gasteiger partial charge in [0, 0.05) is 67.3 Å². The van der Waals surface area contributed by atoms with Crippen LogP contribution < -0.4 is 5.32 Å². The normalized spacial score (nSPS) is 14.9. The van der Waals surface area contributed by atoms with E-state index in [2.05, 4.69) is 53.0 Å². The maximum Gasteiger partial charge on any atom is 0.152 e. The number of piperazine rings is 1. The quantitative estimate of drug-likeness (QED) is 0.260. The fourth-order valence-electron chi connectivity index (χ4n) is 5.00. The van der Waals surface area contributed by atoms with Crippen molar-refractivity contribution in [2.45, 2.75) is 45.7 Å². The summed E-state index contributed by atoms with van der Waals surface area (Å²) in [6.07, 6.45) is 5.20. The second kappa shape index (κ2) is 12.1. The van der Waals surface area contributed by atoms with Crippen molar-refractivity contribution in [1.29, 1.82) is 5.26 Å². The largest absolute Gasteiger partial charge is 0.368 e. The van der Waals surface area contributed by atoms with E-state index in [0.717, 1.165) is 79.5 Å². The van der Waals surface area contributed by atoms with Gasteiger partial charge < -0.3 is 5.32 Å². The van der Waals surface area contributed by atoms with E-state index in [1.165, 1.54) is 0 Å². The molecule has 0 saturated carbocycles. The zero-order valence-electron chi connectivity index (χ0n) is 23.2. The van der Waals surface area contributed by atoms with Crippen molar-refractivity contribution >= 4 is 34.5 Å². The maximum atomic E-state index is 8.99. The van der Waals surface area contributed by atoms with Crippen molar-refractivity contribution in [1.82, 2.24) is 29.4 Å². The van der Waals surface area contributed by atoms with Crippen LogP contribution in [0, 0.1) is 11.3 Å². The molecule has 0 bridgehead atoms. The fourth-order valence-corrected chi connectivity index (χ4v) is 5.50. The molecule has 4 heterocycles. The smallest absolute Gasteiger partial charge is 0.152 e. The van der Waals surface area contributed by atoms with Gasteiger partial charge in [-0.25, -0.2) is 9.50 Å². The molecule has 1 aromatic carbocycles. The highest BCUT2D eigenvalue weighted by Crippen LogP contribution is 2.31. The molecule has 1 N–H and O–H groups in total. The number of hydrogen-bond donors (Lipinski definition) is 1. The first-order valence-corrected chi connectivity index (χ1v) is 14.4. The summed E-state index contributed by atoms with van der Waals surface area (Å²) in [5, 5.41) is 18.6. The maximum absolute atomic E-state index is 8.99. The van der Waals surface area contributed by atoms with Crippen LogP contribution in [0.3, 0.4) is 0 Å². The van der Waals surface area contributed by atoms with Gasteiger partial charge in [0.05, 0.1) is 28.2 Å². The van der Waals surface area contributed by atoms with Crippen molar-refractivity contribution in [3.63, 3.8) is 0 Å². The van der Waals surface area contributed by atoms with E-state index < -0.39 is 0 Å². The minimum atomic E-state index is 0.191. The molecule has 4 aromatic rings. The SMILES string of the molecule is CC(C)(C)N1CCN(Cc2cc3c(NCCCc4ccc(C#N)cn4)nc(-c4ccc(Cl)cc4Cl)cn3n2)CC1. The molecule has 1 saturated heterocycles. The predicted octanol–water partition coefficient (Wildman–Crippen LogP) is 5.93. The Kier molecular flexibility index (Phi) is 8.57. The highest BCUT2D eigenvalue weighted by molar-refractivity contribution is 6.36. The average Bonchev–Trinajstić information content (AvgIpc) is 3.33. The molecule has 40 heavy (non-hydrogen) atoms. The Balaban J connectivity index is 1.35. The number of halogens is 2. The molecular weight excluding hydrogens is 543 g/mol. The lowest BCUT2D eigenvalue weighted by molar-refractivity contribution is 0.0585. The Bertz CT molecular complexity index is 1510. The number of aromatic nitrogens is 4. The molecule has 3 aromatic heterocycles. The summed E-state index contributed by atoms with van der Waals surface area (Å²) in [7, 11) is 0. The van der Waals surface area contributed by atoms with E-state index >= 15 is 0 Å². The molecule has 0 radical (unpaired) electrons. The van der Waals surface area contributed by atoms with Crippen LogP contribution >= 0.6 is 23.2 Å². The van der Waals surface area contributed by atoms with Crippen LogP contribution in [0.25, 0.3) is 16.8 Å². The standard InChI is InChI=1S/C30H34Cl2N8/c1-30(2,3)39-13-11-38(12-14-39)19-24-16-28-29(34-10-4-5-23-8-6-21(17-33)18-35-23)36-27(20-40(28)37-24)25-9-7-22(31)15-26(25)32/h6-9,15-16,18,20H,4-5,10-14,19H2,1-3H3,(H,34,36). The van der Waals surface area contributed by atoms with Crippen molar-refractivity contribution in [3.05, 3.63) is 75.8 Å². The van der Waals surface area contributed by atoms with Gasteiger partial charge in [0.2, 0.25) is 0 Å². The minimum absolute atomic E-state index is 0.191. The molecule has 0 aliphatic carbocycles. The first-order chi connectivity index (χ1) is 19.2. The third-order valence-electron chi connectivity index (χ3n) is 7.28. The average molecular weight is 578 g/mol. The van der Waals surface area contributed by atoms with Crippen LogP contribution in [-0.4, -0.2) is 67.6 Å². The van der Waals surface area contributed by atoms with E-state index in [-0.39, 0.29) is 5.54 Å². The Hall–Kier alpha value is -3.22. The molecule has 10 heteroatoms. The number of nitrogens with zero attached hydrogens (tertiary/aromatic N) is 7. The van der Waals surface area contributed by atoms with Crippen molar-refractivity contribution < 1.29 is 0 Å². The number of hydrogen-bond acceptors (Lipinski definition) is 7. The van der Waals surface area contributed by atoms with Gasteiger partial charge in [0.25, 0.3) is 0 Å². The van der Waals surface area contributed by atoms with Gasteiger partial charge in [-0.15, -0.1) is 0 Å². The third kappa shape index (κ3) is 6.73. The van der Waals surface area contributed by atoms with E-state index in [4.69, 9.17) is 38.5 Å². The number of aryl methyl sites for hydroxylation is 1. The van der Waals surface area contributed by atoms with Gasteiger partial charge in [0.1, 0.15) is 11.6 Å². The van der Waals surface area contributed by atoms with Gasteiger partial charge in [-0.05, 0) is 70.0 Å². The number of pyridine rings is 1. The van der Waals surface area contributed by atoms with Crippen molar-refractivity contribution in [2.24, 2.45) is 0 Å². The molecule has 5 rings (SSSR count). The van der Waals surface area contributed by atoms with Crippen LogP contribution in [0.2, 0.25) is 10.0 Å². The van der Waals surface area contributed by atoms with Gasteiger partial charge in [-0.1, -0.05) is 23.2 Å². The summed E-state index contributed by atoms with van der Waals surface area (Å²) in [5.41, 5.74) is 5.17. The Labute approximate surface area is 245 Å². The molecule has 8 nitrogen and oxygen atoms in total. The topological polar surface area (TPSA) is 85.4 Å². The van der Waals surface area contributed by atoms with Crippen LogP contribution in [0.1, 0.15) is 44.1 Å².